The number of amides is 1. The largest absolute Gasteiger partial charge is 0.441 e. The molecule has 9 heteroatoms. The van der Waals surface area contributed by atoms with Gasteiger partial charge in [0.25, 0.3) is 0 Å². The van der Waals surface area contributed by atoms with E-state index >= 15 is 0 Å². The maximum atomic E-state index is 14.0. The molecule has 2 heterocycles. The average Bonchev–Trinajstić information content (AvgIpc) is 3.30. The van der Waals surface area contributed by atoms with Gasteiger partial charge < -0.3 is 9.32 Å². The number of carbonyl (C=O) groups excluding carboxylic acids is 1. The van der Waals surface area contributed by atoms with Crippen molar-refractivity contribution in [3.05, 3.63) is 70.5 Å². The Hall–Kier alpha value is -3.04. The molecule has 3 aromatic rings. The van der Waals surface area contributed by atoms with Gasteiger partial charge in [0.05, 0.1) is 16.7 Å². The van der Waals surface area contributed by atoms with E-state index in [-0.39, 0.29) is 31.8 Å². The minimum Gasteiger partial charge on any atom is -0.441 e. The van der Waals surface area contributed by atoms with E-state index in [9.17, 15) is 17.6 Å². The van der Waals surface area contributed by atoms with E-state index in [1.807, 2.05) is 33.8 Å². The third-order valence-electron chi connectivity index (χ3n) is 6.73. The fraction of sp³-hybridized carbons (Fsp3) is 0.385. The Labute approximate surface area is 205 Å². The number of sulfonamides is 1. The Bertz CT molecular complexity index is 1330. The summed E-state index contributed by atoms with van der Waals surface area (Å²) in [6, 6.07) is 8.28. The van der Waals surface area contributed by atoms with Crippen molar-refractivity contribution in [2.24, 2.45) is 0 Å². The van der Waals surface area contributed by atoms with Crippen LogP contribution in [0.4, 0.5) is 4.39 Å². The SMILES string of the molecule is Cc1cc(C)c(C)c(S(=O)(=O)N2CCN(C(=O)CCc3ncc(-c4ccccc4F)o3)CC2)c1C. The summed E-state index contributed by atoms with van der Waals surface area (Å²) in [5.74, 6) is 0.191. The third kappa shape index (κ3) is 5.01. The standard InChI is InChI=1S/C26H30FN3O4S/c1-17-15-18(2)20(4)26(19(17)3)35(32,33)30-13-11-29(12-14-30)25(31)10-9-24-28-16-23(34-24)21-7-5-6-8-22(21)27/h5-8,15-16H,9-14H2,1-4H3. The number of piperazine rings is 1. The van der Waals surface area contributed by atoms with Gasteiger partial charge in [-0.05, 0) is 62.1 Å². The number of nitrogens with zero attached hydrogens (tertiary/aromatic N) is 3. The molecule has 1 saturated heterocycles. The molecule has 0 atom stereocenters. The zero-order valence-electron chi connectivity index (χ0n) is 20.5. The van der Waals surface area contributed by atoms with E-state index in [1.165, 1.54) is 16.6 Å². The van der Waals surface area contributed by atoms with Gasteiger partial charge in [0.15, 0.2) is 11.7 Å². The molecule has 2 aromatic carbocycles. The van der Waals surface area contributed by atoms with Crippen molar-refractivity contribution < 1.29 is 22.0 Å². The van der Waals surface area contributed by atoms with Gasteiger partial charge in [-0.25, -0.2) is 17.8 Å². The Kier molecular flexibility index (Phi) is 7.10. The van der Waals surface area contributed by atoms with Crippen molar-refractivity contribution in [1.29, 1.82) is 0 Å². The van der Waals surface area contributed by atoms with Crippen LogP contribution in [0.5, 0.6) is 0 Å². The molecule has 35 heavy (non-hydrogen) atoms. The average molecular weight is 500 g/mol. The Morgan fingerprint density at radius 1 is 1.03 bits per heavy atom. The molecule has 0 bridgehead atoms. The van der Waals surface area contributed by atoms with Gasteiger partial charge in [-0.2, -0.15) is 4.31 Å². The van der Waals surface area contributed by atoms with Crippen molar-refractivity contribution in [1.82, 2.24) is 14.2 Å². The fourth-order valence-electron chi connectivity index (χ4n) is 4.46. The summed E-state index contributed by atoms with van der Waals surface area (Å²) < 4.78 is 47.9. The molecule has 0 saturated carbocycles. The first-order valence-corrected chi connectivity index (χ1v) is 13.1. The predicted molar refractivity (Wildman–Crippen MR) is 131 cm³/mol. The number of carbonyl (C=O) groups is 1. The highest BCUT2D eigenvalue weighted by Crippen LogP contribution is 2.29. The summed E-state index contributed by atoms with van der Waals surface area (Å²) in [5, 5.41) is 0. The van der Waals surface area contributed by atoms with E-state index in [4.69, 9.17) is 4.42 Å². The molecule has 0 radical (unpaired) electrons. The van der Waals surface area contributed by atoms with Crippen LogP contribution in [0.25, 0.3) is 11.3 Å². The normalized spacial score (nSPS) is 14.9. The zero-order valence-corrected chi connectivity index (χ0v) is 21.3. The second-order valence-electron chi connectivity index (χ2n) is 8.97. The number of aromatic nitrogens is 1. The van der Waals surface area contributed by atoms with Crippen LogP contribution in [0.2, 0.25) is 0 Å². The highest BCUT2D eigenvalue weighted by atomic mass is 32.2. The molecule has 0 aliphatic carbocycles. The van der Waals surface area contributed by atoms with E-state index in [1.54, 1.807) is 23.1 Å². The van der Waals surface area contributed by atoms with Gasteiger partial charge in [0, 0.05) is 39.0 Å². The summed E-state index contributed by atoms with van der Waals surface area (Å²) in [6.07, 6.45) is 1.92. The van der Waals surface area contributed by atoms with Crippen LogP contribution in [-0.4, -0.2) is 54.7 Å². The van der Waals surface area contributed by atoms with E-state index < -0.39 is 15.8 Å². The van der Waals surface area contributed by atoms with Gasteiger partial charge in [-0.3, -0.25) is 4.79 Å². The number of aryl methyl sites for hydroxylation is 3. The highest BCUT2D eigenvalue weighted by molar-refractivity contribution is 7.89. The summed E-state index contributed by atoms with van der Waals surface area (Å²) in [5.41, 5.74) is 3.76. The number of hydrogen-bond acceptors (Lipinski definition) is 5. The van der Waals surface area contributed by atoms with E-state index in [0.29, 0.717) is 35.2 Å². The van der Waals surface area contributed by atoms with Crippen LogP contribution >= 0.6 is 0 Å². The smallest absolute Gasteiger partial charge is 0.243 e. The van der Waals surface area contributed by atoms with Gasteiger partial charge in [0.2, 0.25) is 15.9 Å². The molecule has 7 nitrogen and oxygen atoms in total. The van der Waals surface area contributed by atoms with E-state index in [0.717, 1.165) is 22.3 Å². The maximum Gasteiger partial charge on any atom is 0.243 e. The third-order valence-corrected chi connectivity index (χ3v) is 8.91. The number of rotatable bonds is 6. The van der Waals surface area contributed by atoms with Gasteiger partial charge in [-0.15, -0.1) is 0 Å². The minimum atomic E-state index is -3.66. The molecule has 1 aromatic heterocycles. The molecule has 186 valence electrons. The van der Waals surface area contributed by atoms with Crippen LogP contribution < -0.4 is 0 Å². The van der Waals surface area contributed by atoms with Crippen molar-refractivity contribution in [2.45, 2.75) is 45.4 Å². The fourth-order valence-corrected chi connectivity index (χ4v) is 6.46. The first-order chi connectivity index (χ1) is 16.6. The van der Waals surface area contributed by atoms with Crippen LogP contribution in [0.1, 0.15) is 34.6 Å². The molecule has 1 amide bonds. The summed E-state index contributed by atoms with van der Waals surface area (Å²) >= 11 is 0. The molecule has 1 fully saturated rings. The van der Waals surface area contributed by atoms with Gasteiger partial charge >= 0.3 is 0 Å². The summed E-state index contributed by atoms with van der Waals surface area (Å²) in [7, 11) is -3.66. The lowest BCUT2D eigenvalue weighted by atomic mass is 10.0. The van der Waals surface area contributed by atoms with Crippen LogP contribution in [0, 0.1) is 33.5 Å². The van der Waals surface area contributed by atoms with Crippen LogP contribution in [0.15, 0.2) is 45.8 Å². The lowest BCUT2D eigenvalue weighted by Gasteiger charge is -2.34. The van der Waals surface area contributed by atoms with Crippen molar-refractivity contribution in [3.8, 4) is 11.3 Å². The summed E-state index contributed by atoms with van der Waals surface area (Å²) in [4.78, 5) is 19.0. The lowest BCUT2D eigenvalue weighted by molar-refractivity contribution is -0.132. The predicted octanol–water partition coefficient (Wildman–Crippen LogP) is 4.18. The lowest BCUT2D eigenvalue weighted by Crippen LogP contribution is -2.50. The van der Waals surface area contributed by atoms with Crippen molar-refractivity contribution >= 4 is 15.9 Å². The highest BCUT2D eigenvalue weighted by Gasteiger charge is 2.32. The van der Waals surface area contributed by atoms with Crippen LogP contribution in [0.3, 0.4) is 0 Å². The molecular formula is C26H30FN3O4S. The molecule has 0 unspecified atom stereocenters. The second-order valence-corrected chi connectivity index (χ2v) is 10.8. The second kappa shape index (κ2) is 9.91. The van der Waals surface area contributed by atoms with Crippen molar-refractivity contribution in [3.63, 3.8) is 0 Å². The monoisotopic (exact) mass is 499 g/mol. The molecule has 1 aliphatic rings. The van der Waals surface area contributed by atoms with Gasteiger partial charge in [-0.1, -0.05) is 18.2 Å². The zero-order chi connectivity index (χ0) is 25.3. The first kappa shape index (κ1) is 25.1. The maximum absolute atomic E-state index is 14.0. The van der Waals surface area contributed by atoms with Gasteiger partial charge in [0.1, 0.15) is 5.82 Å². The summed E-state index contributed by atoms with van der Waals surface area (Å²) in [6.45, 7) is 8.67. The Morgan fingerprint density at radius 3 is 2.29 bits per heavy atom. The molecule has 0 N–H and O–H groups in total. The number of oxazole rings is 1. The quantitative estimate of drug-likeness (QED) is 0.508. The first-order valence-electron chi connectivity index (χ1n) is 11.6. The molecular weight excluding hydrogens is 469 g/mol. The number of halogens is 1. The van der Waals surface area contributed by atoms with Crippen LogP contribution in [-0.2, 0) is 21.2 Å². The van der Waals surface area contributed by atoms with Crippen molar-refractivity contribution in [2.75, 3.05) is 26.2 Å². The molecule has 0 spiro atoms. The Balaban J connectivity index is 1.36. The Morgan fingerprint density at radius 2 is 1.66 bits per heavy atom. The number of benzene rings is 2. The molecule has 1 aliphatic heterocycles. The topological polar surface area (TPSA) is 83.7 Å². The molecule has 4 rings (SSSR count). The number of hydrogen-bond donors (Lipinski definition) is 0. The van der Waals surface area contributed by atoms with E-state index in [2.05, 4.69) is 4.98 Å². The minimum absolute atomic E-state index is 0.0912.